The zero-order valence-electron chi connectivity index (χ0n) is 10.8. The van der Waals surface area contributed by atoms with E-state index in [2.05, 4.69) is 6.58 Å². The average molecular weight is 253 g/mol. The molecule has 0 radical (unpaired) electrons. The minimum absolute atomic E-state index is 0.336. The number of allylic oxidation sites excluding steroid dienone is 1. The van der Waals surface area contributed by atoms with Crippen molar-refractivity contribution in [2.24, 2.45) is 0 Å². The molecule has 0 saturated carbocycles. The number of hydrogen-bond donors (Lipinski definition) is 0. The molecule has 1 rings (SSSR count). The van der Waals surface area contributed by atoms with E-state index in [1.165, 1.54) is 11.8 Å². The maximum Gasteiger partial charge on any atom is 0.419 e. The van der Waals surface area contributed by atoms with Gasteiger partial charge in [-0.1, -0.05) is 6.08 Å². The van der Waals surface area contributed by atoms with Crippen molar-refractivity contribution < 1.29 is 9.53 Å². The number of rotatable bonds is 3. The van der Waals surface area contributed by atoms with Crippen molar-refractivity contribution in [2.45, 2.75) is 37.8 Å². The minimum atomic E-state index is -0.477. The summed E-state index contributed by atoms with van der Waals surface area (Å²) in [6.45, 7) is 9.29. The number of nitrogens with zero attached hydrogens (tertiary/aromatic N) is 1. The summed E-state index contributed by atoms with van der Waals surface area (Å²) in [5.41, 5.74) is 0.619. The third-order valence-electron chi connectivity index (χ3n) is 2.07. The number of thioether (sulfide) groups is 1. The second-order valence-electron chi connectivity index (χ2n) is 4.69. The maximum atomic E-state index is 12.0. The molecule has 0 fully saturated rings. The Morgan fingerprint density at radius 1 is 1.59 bits per heavy atom. The van der Waals surface area contributed by atoms with Crippen molar-refractivity contribution in [1.82, 2.24) is 4.57 Å². The van der Waals surface area contributed by atoms with Crippen LogP contribution >= 0.6 is 11.8 Å². The van der Waals surface area contributed by atoms with Crippen molar-refractivity contribution in [3.8, 4) is 0 Å². The average Bonchev–Trinajstić information content (AvgIpc) is 2.58. The maximum absolute atomic E-state index is 12.0. The first-order valence-corrected chi connectivity index (χ1v) is 6.70. The molecule has 1 heterocycles. The van der Waals surface area contributed by atoms with Crippen molar-refractivity contribution >= 4 is 17.9 Å². The number of aromatic nitrogens is 1. The van der Waals surface area contributed by atoms with Gasteiger partial charge in [0.1, 0.15) is 5.60 Å². The van der Waals surface area contributed by atoms with Gasteiger partial charge >= 0.3 is 6.09 Å². The molecule has 0 aliphatic heterocycles. The van der Waals surface area contributed by atoms with Crippen LogP contribution in [0.4, 0.5) is 4.79 Å². The van der Waals surface area contributed by atoms with Gasteiger partial charge in [-0.05, 0) is 45.1 Å². The molecule has 0 aromatic carbocycles. The van der Waals surface area contributed by atoms with Crippen LogP contribution in [0.15, 0.2) is 29.9 Å². The van der Waals surface area contributed by atoms with Gasteiger partial charge in [-0.2, -0.15) is 0 Å². The highest BCUT2D eigenvalue weighted by Crippen LogP contribution is 2.24. The number of hydrogen-bond acceptors (Lipinski definition) is 3. The Balaban J connectivity index is 2.98. The minimum Gasteiger partial charge on any atom is -0.443 e. The number of carbonyl (C=O) groups is 1. The second kappa shape index (κ2) is 5.45. The van der Waals surface area contributed by atoms with E-state index in [1.807, 2.05) is 39.2 Å². The Bertz CT molecular complexity index is 416. The molecule has 0 spiro atoms. The zero-order chi connectivity index (χ0) is 13.1. The van der Waals surface area contributed by atoms with E-state index < -0.39 is 5.60 Å². The van der Waals surface area contributed by atoms with E-state index in [9.17, 15) is 4.79 Å². The van der Waals surface area contributed by atoms with Crippen LogP contribution in [0.25, 0.3) is 0 Å². The first kappa shape index (κ1) is 13.9. The molecular weight excluding hydrogens is 234 g/mol. The van der Waals surface area contributed by atoms with Gasteiger partial charge in [0.25, 0.3) is 0 Å². The normalized spacial score (nSPS) is 11.3. The van der Waals surface area contributed by atoms with Crippen LogP contribution in [0, 0.1) is 0 Å². The first-order valence-electron chi connectivity index (χ1n) is 5.47. The highest BCUT2D eigenvalue weighted by Gasteiger charge is 2.20. The molecule has 3 nitrogen and oxygen atoms in total. The van der Waals surface area contributed by atoms with E-state index in [-0.39, 0.29) is 6.09 Å². The van der Waals surface area contributed by atoms with Crippen molar-refractivity contribution in [3.05, 3.63) is 30.5 Å². The predicted molar refractivity (Wildman–Crippen MR) is 71.7 cm³/mol. The number of carbonyl (C=O) groups excluding carboxylic acids is 1. The summed E-state index contributed by atoms with van der Waals surface area (Å²) in [5, 5.41) is 0.916. The van der Waals surface area contributed by atoms with Gasteiger partial charge in [-0.25, -0.2) is 9.36 Å². The summed E-state index contributed by atoms with van der Waals surface area (Å²) >= 11 is 1.54. The molecule has 17 heavy (non-hydrogen) atoms. The Hall–Kier alpha value is -1.16. The van der Waals surface area contributed by atoms with Gasteiger partial charge in [-0.15, -0.1) is 18.3 Å². The predicted octanol–water partition coefficient (Wildman–Crippen LogP) is 3.72. The summed E-state index contributed by atoms with van der Waals surface area (Å²) in [6, 6.07) is 1.93. The quantitative estimate of drug-likeness (QED) is 0.607. The fourth-order valence-electron chi connectivity index (χ4n) is 1.45. The lowest BCUT2D eigenvalue weighted by molar-refractivity contribution is 0.0523. The largest absolute Gasteiger partial charge is 0.443 e. The molecule has 1 aromatic heterocycles. The monoisotopic (exact) mass is 253 g/mol. The highest BCUT2D eigenvalue weighted by molar-refractivity contribution is 7.98. The molecule has 0 saturated heterocycles. The Labute approximate surface area is 107 Å². The van der Waals surface area contributed by atoms with E-state index >= 15 is 0 Å². The summed E-state index contributed by atoms with van der Waals surface area (Å²) in [4.78, 5) is 12.0. The van der Waals surface area contributed by atoms with Gasteiger partial charge < -0.3 is 4.74 Å². The number of ether oxygens (including phenoxy) is 1. The van der Waals surface area contributed by atoms with Gasteiger partial charge in [0.2, 0.25) is 0 Å². The van der Waals surface area contributed by atoms with Crippen molar-refractivity contribution in [1.29, 1.82) is 0 Å². The Kier molecular flexibility index (Phi) is 4.46. The van der Waals surface area contributed by atoms with Crippen LogP contribution < -0.4 is 0 Å². The molecule has 1 aromatic rings. The van der Waals surface area contributed by atoms with Crippen LogP contribution in [0.5, 0.6) is 0 Å². The van der Waals surface area contributed by atoms with Gasteiger partial charge in [-0.3, -0.25) is 0 Å². The lowest BCUT2D eigenvalue weighted by Gasteiger charge is -2.20. The van der Waals surface area contributed by atoms with Crippen LogP contribution in [0.2, 0.25) is 0 Å². The molecule has 0 amide bonds. The molecule has 0 N–H and O–H groups in total. The lowest BCUT2D eigenvalue weighted by Crippen LogP contribution is -2.27. The van der Waals surface area contributed by atoms with Crippen LogP contribution in [-0.4, -0.2) is 22.5 Å². The molecule has 0 aliphatic rings. The Morgan fingerprint density at radius 2 is 2.24 bits per heavy atom. The van der Waals surface area contributed by atoms with Crippen LogP contribution in [0.3, 0.4) is 0 Å². The van der Waals surface area contributed by atoms with E-state index in [0.717, 1.165) is 17.0 Å². The van der Waals surface area contributed by atoms with Crippen molar-refractivity contribution in [3.63, 3.8) is 0 Å². The summed E-state index contributed by atoms with van der Waals surface area (Å²) in [5.74, 6) is 0. The highest BCUT2D eigenvalue weighted by atomic mass is 32.2. The van der Waals surface area contributed by atoms with E-state index in [0.29, 0.717) is 0 Å². The van der Waals surface area contributed by atoms with Gasteiger partial charge in [0, 0.05) is 6.20 Å². The summed E-state index contributed by atoms with van der Waals surface area (Å²) < 4.78 is 6.89. The van der Waals surface area contributed by atoms with Crippen LogP contribution in [0.1, 0.15) is 26.3 Å². The SMILES string of the molecule is C=CCc1ccn(C(=O)OC(C)(C)C)c1SC. The summed E-state index contributed by atoms with van der Waals surface area (Å²) in [6.07, 6.45) is 5.94. The molecule has 0 atom stereocenters. The fraction of sp³-hybridized carbons (Fsp3) is 0.462. The molecule has 94 valence electrons. The van der Waals surface area contributed by atoms with Gasteiger partial charge in [0.05, 0.1) is 5.03 Å². The van der Waals surface area contributed by atoms with E-state index in [4.69, 9.17) is 4.74 Å². The topological polar surface area (TPSA) is 31.2 Å². The van der Waals surface area contributed by atoms with Gasteiger partial charge in [0.15, 0.2) is 0 Å². The zero-order valence-corrected chi connectivity index (χ0v) is 11.6. The second-order valence-corrected chi connectivity index (χ2v) is 5.49. The Morgan fingerprint density at radius 3 is 2.71 bits per heavy atom. The third kappa shape index (κ3) is 3.66. The van der Waals surface area contributed by atoms with E-state index in [1.54, 1.807) is 10.8 Å². The first-order chi connectivity index (χ1) is 7.89. The van der Waals surface area contributed by atoms with Crippen LogP contribution in [-0.2, 0) is 11.2 Å². The fourth-order valence-corrected chi connectivity index (χ4v) is 2.20. The smallest absolute Gasteiger partial charge is 0.419 e. The lowest BCUT2D eigenvalue weighted by atomic mass is 10.2. The third-order valence-corrected chi connectivity index (χ3v) is 2.91. The standard InChI is InChI=1S/C13H19NO2S/c1-6-7-10-8-9-14(11(10)17-5)12(15)16-13(2,3)4/h6,8-9H,1,7H2,2-5H3. The molecule has 0 unspecified atom stereocenters. The van der Waals surface area contributed by atoms with Crippen molar-refractivity contribution in [2.75, 3.05) is 6.26 Å². The molecular formula is C13H19NO2S. The molecule has 0 bridgehead atoms. The molecule has 0 aliphatic carbocycles. The summed E-state index contributed by atoms with van der Waals surface area (Å²) in [7, 11) is 0. The molecule has 4 heteroatoms.